The lowest BCUT2D eigenvalue weighted by atomic mass is 10.2. The molecule has 0 aliphatic carbocycles. The van der Waals surface area contributed by atoms with Crippen molar-refractivity contribution >= 4 is 28.6 Å². The normalized spacial score (nSPS) is 9.88. The molecule has 0 saturated carbocycles. The molecule has 0 aliphatic rings. The molecular weight excluding hydrogens is 280 g/mol. The highest BCUT2D eigenvalue weighted by Crippen LogP contribution is 2.12. The van der Waals surface area contributed by atoms with Crippen LogP contribution in [-0.4, -0.2) is 30.4 Å². The summed E-state index contributed by atoms with van der Waals surface area (Å²) in [6.07, 6.45) is 0. The van der Waals surface area contributed by atoms with Gasteiger partial charge in [0, 0.05) is 5.69 Å². The molecule has 0 atom stereocenters. The van der Waals surface area contributed by atoms with E-state index >= 15 is 0 Å². The predicted molar refractivity (Wildman–Crippen MR) is 77.9 cm³/mol. The Morgan fingerprint density at radius 1 is 1.24 bits per heavy atom. The first-order valence-electron chi connectivity index (χ1n) is 5.75. The van der Waals surface area contributed by atoms with E-state index < -0.39 is 0 Å². The molecule has 0 spiro atoms. The number of nitrogens with one attached hydrogen (secondary N) is 1. The van der Waals surface area contributed by atoms with Gasteiger partial charge in [0.25, 0.3) is 0 Å². The zero-order valence-corrected chi connectivity index (χ0v) is 12.4. The molecule has 3 nitrogen and oxygen atoms in total. The maximum absolute atomic E-state index is 11.7. The van der Waals surface area contributed by atoms with Gasteiger partial charge in [-0.2, -0.15) is 0 Å². The Balaban J connectivity index is 0.00000256. The number of halogens is 1. The average molecular weight is 301 g/mol. The molecule has 0 unspecified atom stereocenters. The van der Waals surface area contributed by atoms with Crippen LogP contribution in [0.3, 0.4) is 0 Å². The zero-order valence-electron chi connectivity index (χ0n) is 10.7. The van der Waals surface area contributed by atoms with Crippen molar-refractivity contribution < 1.29 is 4.79 Å². The van der Waals surface area contributed by atoms with E-state index in [4.69, 9.17) is 0 Å². The van der Waals surface area contributed by atoms with Gasteiger partial charge in [-0.15, -0.1) is 17.0 Å². The summed E-state index contributed by atoms with van der Waals surface area (Å²) in [6, 6.07) is 7.82. The third-order valence-corrected chi connectivity index (χ3v) is 2.68. The summed E-state index contributed by atoms with van der Waals surface area (Å²) in [5, 5.41) is 2.93. The van der Waals surface area contributed by atoms with Crippen molar-refractivity contribution in [2.45, 2.75) is 20.8 Å². The van der Waals surface area contributed by atoms with Crippen LogP contribution in [0.4, 0.5) is 5.69 Å². The van der Waals surface area contributed by atoms with Gasteiger partial charge in [0.05, 0.1) is 6.54 Å². The van der Waals surface area contributed by atoms with E-state index in [-0.39, 0.29) is 22.9 Å². The Kier molecular flexibility index (Phi) is 7.83. The fraction of sp³-hybridized carbons (Fsp3) is 0.462. The lowest BCUT2D eigenvalue weighted by molar-refractivity contribution is -0.117. The standard InChI is InChI=1S/C13H20N2O.BrH/c1-4-15(5-2)10-13(16)14-12-9-7-6-8-11(12)3;/h6-9H,4-5,10H2,1-3H3,(H,14,16);1H. The topological polar surface area (TPSA) is 32.3 Å². The summed E-state index contributed by atoms with van der Waals surface area (Å²) in [5.41, 5.74) is 2.00. The number of hydrogen-bond acceptors (Lipinski definition) is 2. The molecule has 0 fully saturated rings. The van der Waals surface area contributed by atoms with Crippen molar-refractivity contribution in [3.05, 3.63) is 29.8 Å². The lowest BCUT2D eigenvalue weighted by Crippen LogP contribution is -2.33. The maximum atomic E-state index is 11.7. The van der Waals surface area contributed by atoms with Crippen molar-refractivity contribution in [1.82, 2.24) is 4.90 Å². The molecule has 4 heteroatoms. The van der Waals surface area contributed by atoms with Gasteiger partial charge >= 0.3 is 0 Å². The summed E-state index contributed by atoms with van der Waals surface area (Å²) in [5.74, 6) is 0.0537. The number of aryl methyl sites for hydroxylation is 1. The van der Waals surface area contributed by atoms with Crippen LogP contribution in [0.5, 0.6) is 0 Å². The van der Waals surface area contributed by atoms with Crippen LogP contribution < -0.4 is 5.32 Å². The molecule has 0 aromatic heterocycles. The maximum Gasteiger partial charge on any atom is 0.238 e. The van der Waals surface area contributed by atoms with Gasteiger partial charge in [-0.05, 0) is 31.6 Å². The number of likely N-dealkylation sites (N-methyl/N-ethyl adjacent to an activating group) is 1. The molecule has 0 radical (unpaired) electrons. The predicted octanol–water partition coefficient (Wildman–Crippen LogP) is 2.85. The number of hydrogen-bond donors (Lipinski definition) is 1. The van der Waals surface area contributed by atoms with E-state index in [0.717, 1.165) is 24.3 Å². The first kappa shape index (κ1) is 16.1. The van der Waals surface area contributed by atoms with Crippen molar-refractivity contribution in [3.63, 3.8) is 0 Å². The molecular formula is C13H21BrN2O. The molecule has 0 aliphatic heterocycles. The molecule has 17 heavy (non-hydrogen) atoms. The number of rotatable bonds is 5. The first-order valence-corrected chi connectivity index (χ1v) is 5.75. The van der Waals surface area contributed by atoms with Gasteiger partial charge in [-0.1, -0.05) is 32.0 Å². The Morgan fingerprint density at radius 2 is 1.82 bits per heavy atom. The third-order valence-electron chi connectivity index (χ3n) is 2.68. The quantitative estimate of drug-likeness (QED) is 0.907. The fourth-order valence-electron chi connectivity index (χ4n) is 1.55. The molecule has 0 bridgehead atoms. The van der Waals surface area contributed by atoms with Crippen LogP contribution >= 0.6 is 17.0 Å². The Bertz CT molecular complexity index is 351. The second-order valence-electron chi connectivity index (χ2n) is 3.82. The van der Waals surface area contributed by atoms with Crippen molar-refractivity contribution in [2.75, 3.05) is 25.0 Å². The molecule has 1 rings (SSSR count). The molecule has 1 aromatic carbocycles. The van der Waals surface area contributed by atoms with Crippen LogP contribution in [-0.2, 0) is 4.79 Å². The largest absolute Gasteiger partial charge is 0.325 e. The van der Waals surface area contributed by atoms with E-state index in [2.05, 4.69) is 24.1 Å². The Morgan fingerprint density at radius 3 is 2.35 bits per heavy atom. The Hall–Kier alpha value is -0.870. The van der Waals surface area contributed by atoms with E-state index in [0.29, 0.717) is 6.54 Å². The molecule has 1 amide bonds. The monoisotopic (exact) mass is 300 g/mol. The number of carbonyl (C=O) groups is 1. The minimum atomic E-state index is 0. The number of benzene rings is 1. The van der Waals surface area contributed by atoms with E-state index in [1.807, 2.05) is 31.2 Å². The summed E-state index contributed by atoms with van der Waals surface area (Å²) in [4.78, 5) is 13.8. The van der Waals surface area contributed by atoms with Gasteiger partial charge in [0.1, 0.15) is 0 Å². The number of carbonyl (C=O) groups excluding carboxylic acids is 1. The van der Waals surface area contributed by atoms with Crippen molar-refractivity contribution in [2.24, 2.45) is 0 Å². The second kappa shape index (κ2) is 8.25. The van der Waals surface area contributed by atoms with Gasteiger partial charge in [0.15, 0.2) is 0 Å². The average Bonchev–Trinajstić information content (AvgIpc) is 2.29. The van der Waals surface area contributed by atoms with Crippen LogP contribution in [0, 0.1) is 6.92 Å². The highest BCUT2D eigenvalue weighted by Gasteiger charge is 2.07. The fourth-order valence-corrected chi connectivity index (χ4v) is 1.55. The number of nitrogens with zero attached hydrogens (tertiary/aromatic N) is 1. The van der Waals surface area contributed by atoms with Crippen molar-refractivity contribution in [3.8, 4) is 0 Å². The van der Waals surface area contributed by atoms with Crippen LogP contribution in [0.15, 0.2) is 24.3 Å². The van der Waals surface area contributed by atoms with Gasteiger partial charge in [-0.25, -0.2) is 0 Å². The number of para-hydroxylation sites is 1. The summed E-state index contributed by atoms with van der Waals surface area (Å²) in [6.45, 7) is 8.37. The van der Waals surface area contributed by atoms with Gasteiger partial charge in [0.2, 0.25) is 5.91 Å². The minimum Gasteiger partial charge on any atom is -0.325 e. The Labute approximate surface area is 114 Å². The van der Waals surface area contributed by atoms with E-state index in [1.165, 1.54) is 0 Å². The molecule has 96 valence electrons. The zero-order chi connectivity index (χ0) is 12.0. The van der Waals surface area contributed by atoms with E-state index in [9.17, 15) is 4.79 Å². The first-order chi connectivity index (χ1) is 7.67. The van der Waals surface area contributed by atoms with Crippen LogP contribution in [0.25, 0.3) is 0 Å². The second-order valence-corrected chi connectivity index (χ2v) is 3.82. The highest BCUT2D eigenvalue weighted by atomic mass is 79.9. The van der Waals surface area contributed by atoms with Crippen LogP contribution in [0.2, 0.25) is 0 Å². The summed E-state index contributed by atoms with van der Waals surface area (Å²) in [7, 11) is 0. The highest BCUT2D eigenvalue weighted by molar-refractivity contribution is 8.93. The van der Waals surface area contributed by atoms with Gasteiger partial charge < -0.3 is 5.32 Å². The van der Waals surface area contributed by atoms with Crippen molar-refractivity contribution in [1.29, 1.82) is 0 Å². The molecule has 0 heterocycles. The van der Waals surface area contributed by atoms with Gasteiger partial charge in [-0.3, -0.25) is 9.69 Å². The SMILES string of the molecule is Br.CCN(CC)CC(=O)Nc1ccccc1C. The molecule has 0 saturated heterocycles. The molecule has 1 N–H and O–H groups in total. The van der Waals surface area contributed by atoms with E-state index in [1.54, 1.807) is 0 Å². The molecule has 1 aromatic rings. The number of anilines is 1. The lowest BCUT2D eigenvalue weighted by Gasteiger charge is -2.17. The summed E-state index contributed by atoms with van der Waals surface area (Å²) < 4.78 is 0. The summed E-state index contributed by atoms with van der Waals surface area (Å²) >= 11 is 0. The van der Waals surface area contributed by atoms with Crippen LogP contribution in [0.1, 0.15) is 19.4 Å². The minimum absolute atomic E-state index is 0. The third kappa shape index (κ3) is 5.33. The smallest absolute Gasteiger partial charge is 0.238 e. The number of amides is 1.